The van der Waals surface area contributed by atoms with Crippen LogP contribution < -0.4 is 5.32 Å². The minimum Gasteiger partial charge on any atom is -0.464 e. The molecule has 22 heavy (non-hydrogen) atoms. The lowest BCUT2D eigenvalue weighted by atomic mass is 10.1. The summed E-state index contributed by atoms with van der Waals surface area (Å²) in [7, 11) is 0. The minimum absolute atomic E-state index is 0.100. The number of rotatable bonds is 9. The Balaban J connectivity index is 4.71. The first-order chi connectivity index (χ1) is 10.1. The third-order valence-electron chi connectivity index (χ3n) is 2.77. The Morgan fingerprint density at radius 3 is 1.91 bits per heavy atom. The Kier molecular flexibility index (Phi) is 9.32. The van der Waals surface area contributed by atoms with Crippen molar-refractivity contribution in [2.75, 3.05) is 13.2 Å². The predicted octanol–water partition coefficient (Wildman–Crippen LogP) is 0.749. The molecule has 4 atom stereocenters. The van der Waals surface area contributed by atoms with Gasteiger partial charge < -0.3 is 19.5 Å². The van der Waals surface area contributed by atoms with Crippen LogP contribution in [0.3, 0.4) is 0 Å². The van der Waals surface area contributed by atoms with Crippen molar-refractivity contribution < 1.29 is 33.0 Å². The summed E-state index contributed by atoms with van der Waals surface area (Å²) in [6, 6.07) is -0.639. The molecule has 0 aromatic carbocycles. The minimum atomic E-state index is -1.38. The quantitative estimate of drug-likeness (QED) is 0.630. The van der Waals surface area contributed by atoms with Crippen LogP contribution >= 0.6 is 0 Å². The maximum atomic E-state index is 13.5. The molecule has 0 aliphatic carbocycles. The summed E-state index contributed by atoms with van der Waals surface area (Å²) in [5, 5.41) is 2.57. The number of alkyl halides is 1. The molecule has 0 heterocycles. The number of carbonyl (C=O) groups is 3. The molecule has 8 heteroatoms. The Bertz CT molecular complexity index is 388. The maximum absolute atomic E-state index is 13.5. The van der Waals surface area contributed by atoms with Gasteiger partial charge in [-0.15, -0.1) is 0 Å². The van der Waals surface area contributed by atoms with E-state index in [9.17, 15) is 18.8 Å². The van der Waals surface area contributed by atoms with Gasteiger partial charge in [0.25, 0.3) is 0 Å². The Morgan fingerprint density at radius 2 is 1.50 bits per heavy atom. The van der Waals surface area contributed by atoms with Gasteiger partial charge in [-0.2, -0.15) is 0 Å². The molecule has 0 fully saturated rings. The van der Waals surface area contributed by atoms with Crippen LogP contribution in [0, 0.1) is 0 Å². The lowest BCUT2D eigenvalue weighted by molar-refractivity contribution is -0.153. The van der Waals surface area contributed by atoms with E-state index in [1.165, 1.54) is 27.7 Å². The number of ether oxygens (including phenoxy) is 3. The molecular formula is C14H24FNO6. The van der Waals surface area contributed by atoms with Crippen molar-refractivity contribution in [2.45, 2.75) is 59.0 Å². The zero-order valence-electron chi connectivity index (χ0n) is 13.6. The van der Waals surface area contributed by atoms with E-state index < -0.39 is 36.4 Å². The monoisotopic (exact) mass is 321 g/mol. The first-order valence-corrected chi connectivity index (χ1v) is 6.96. The van der Waals surface area contributed by atoms with Crippen LogP contribution in [0.4, 0.5) is 4.39 Å². The van der Waals surface area contributed by atoms with Crippen LogP contribution in [0.1, 0.15) is 34.6 Å². The molecule has 0 rings (SSSR count). The first-order valence-electron chi connectivity index (χ1n) is 6.96. The number of hydrogen-bond donors (Lipinski definition) is 1. The second-order valence-corrected chi connectivity index (χ2v) is 4.97. The molecule has 2 unspecified atom stereocenters. The third kappa shape index (κ3) is 9.28. The molecule has 0 saturated carbocycles. The molecule has 0 bridgehead atoms. The fourth-order valence-corrected chi connectivity index (χ4v) is 1.61. The van der Waals surface area contributed by atoms with Gasteiger partial charge in [-0.1, -0.05) is 0 Å². The highest BCUT2D eigenvalue weighted by atomic mass is 19.1. The zero-order valence-corrected chi connectivity index (χ0v) is 13.6. The van der Waals surface area contributed by atoms with Gasteiger partial charge >= 0.3 is 11.9 Å². The van der Waals surface area contributed by atoms with E-state index in [2.05, 4.69) is 5.32 Å². The molecule has 1 N–H and O–H groups in total. The van der Waals surface area contributed by atoms with Crippen LogP contribution in [0.15, 0.2) is 0 Å². The average molecular weight is 321 g/mol. The van der Waals surface area contributed by atoms with Gasteiger partial charge in [-0.05, 0) is 13.8 Å². The Hall–Kier alpha value is -1.70. The van der Waals surface area contributed by atoms with Gasteiger partial charge in [0.2, 0.25) is 5.91 Å². The van der Waals surface area contributed by atoms with Crippen molar-refractivity contribution in [1.82, 2.24) is 5.32 Å². The molecule has 0 aromatic rings. The van der Waals surface area contributed by atoms with Crippen molar-refractivity contribution in [3.05, 3.63) is 0 Å². The van der Waals surface area contributed by atoms with Crippen molar-refractivity contribution in [1.29, 1.82) is 0 Å². The van der Waals surface area contributed by atoms with Crippen molar-refractivity contribution in [3.8, 4) is 0 Å². The number of esters is 2. The Labute approximate surface area is 129 Å². The molecule has 7 nitrogen and oxygen atoms in total. The molecule has 1 amide bonds. The summed E-state index contributed by atoms with van der Waals surface area (Å²) in [6.07, 6.45) is -3.01. The second kappa shape index (κ2) is 10.1. The SMILES string of the molecule is CC(=O)N[C@@H](COC(C)=O)C(C)OC(COC(C)=O)[C@H](C)F. The van der Waals surface area contributed by atoms with Crippen LogP contribution in [0.5, 0.6) is 0 Å². The fourth-order valence-electron chi connectivity index (χ4n) is 1.61. The highest BCUT2D eigenvalue weighted by molar-refractivity contribution is 5.73. The summed E-state index contributed by atoms with van der Waals surface area (Å²) in [4.78, 5) is 32.9. The van der Waals surface area contributed by atoms with Crippen LogP contribution in [-0.2, 0) is 28.6 Å². The molecule has 0 radical (unpaired) electrons. The number of nitrogens with one attached hydrogen (secondary N) is 1. The van der Waals surface area contributed by atoms with E-state index in [0.717, 1.165) is 0 Å². The number of hydrogen-bond acceptors (Lipinski definition) is 6. The van der Waals surface area contributed by atoms with Crippen LogP contribution in [0.2, 0.25) is 0 Å². The lowest BCUT2D eigenvalue weighted by Gasteiger charge is -2.29. The van der Waals surface area contributed by atoms with E-state index in [0.29, 0.717) is 0 Å². The fraction of sp³-hybridized carbons (Fsp3) is 0.786. The summed E-state index contributed by atoms with van der Waals surface area (Å²) in [6.45, 7) is 6.30. The number of carbonyl (C=O) groups excluding carboxylic acids is 3. The number of amides is 1. The molecule has 0 saturated heterocycles. The van der Waals surface area contributed by atoms with Gasteiger partial charge in [0.1, 0.15) is 25.5 Å². The normalized spacial score (nSPS) is 16.1. The molecule has 0 aliphatic heterocycles. The topological polar surface area (TPSA) is 90.9 Å². The Morgan fingerprint density at radius 1 is 1.00 bits per heavy atom. The average Bonchev–Trinajstić information content (AvgIpc) is 2.37. The third-order valence-corrected chi connectivity index (χ3v) is 2.77. The summed E-state index contributed by atoms with van der Waals surface area (Å²) >= 11 is 0. The zero-order chi connectivity index (χ0) is 17.3. The molecule has 128 valence electrons. The molecule has 0 spiro atoms. The van der Waals surface area contributed by atoms with E-state index >= 15 is 0 Å². The van der Waals surface area contributed by atoms with Gasteiger partial charge in [0.05, 0.1) is 12.1 Å². The van der Waals surface area contributed by atoms with Gasteiger partial charge in [-0.25, -0.2) is 4.39 Å². The maximum Gasteiger partial charge on any atom is 0.302 e. The molecule has 0 aliphatic rings. The predicted molar refractivity (Wildman–Crippen MR) is 75.8 cm³/mol. The molecule has 0 aromatic heterocycles. The van der Waals surface area contributed by atoms with E-state index in [1.807, 2.05) is 0 Å². The number of halogens is 1. The van der Waals surface area contributed by atoms with Crippen molar-refractivity contribution in [2.24, 2.45) is 0 Å². The van der Waals surface area contributed by atoms with Crippen molar-refractivity contribution in [3.63, 3.8) is 0 Å². The lowest BCUT2D eigenvalue weighted by Crippen LogP contribution is -2.48. The first kappa shape index (κ1) is 20.3. The van der Waals surface area contributed by atoms with Gasteiger partial charge in [0.15, 0.2) is 0 Å². The standard InChI is InChI=1S/C14H24FNO6/c1-8(15)14(7-21-12(5)19)22-9(2)13(16-10(3)17)6-20-11(4)18/h8-9,13-14H,6-7H2,1-5H3,(H,16,17)/t8-,9?,13-,14?/m0/s1. The summed E-state index contributed by atoms with van der Waals surface area (Å²) in [5.74, 6) is -1.38. The van der Waals surface area contributed by atoms with Crippen LogP contribution in [0.25, 0.3) is 0 Å². The smallest absolute Gasteiger partial charge is 0.302 e. The van der Waals surface area contributed by atoms with E-state index in [4.69, 9.17) is 14.2 Å². The van der Waals surface area contributed by atoms with Crippen LogP contribution in [-0.4, -0.2) is 55.5 Å². The highest BCUT2D eigenvalue weighted by Crippen LogP contribution is 2.11. The largest absolute Gasteiger partial charge is 0.464 e. The second-order valence-electron chi connectivity index (χ2n) is 4.97. The highest BCUT2D eigenvalue weighted by Gasteiger charge is 2.27. The summed E-state index contributed by atoms with van der Waals surface area (Å²) in [5.41, 5.74) is 0. The van der Waals surface area contributed by atoms with E-state index in [-0.39, 0.29) is 19.1 Å². The van der Waals surface area contributed by atoms with Crippen molar-refractivity contribution >= 4 is 17.8 Å². The van der Waals surface area contributed by atoms with E-state index in [1.54, 1.807) is 6.92 Å². The summed E-state index contributed by atoms with van der Waals surface area (Å²) < 4.78 is 28.6. The van der Waals surface area contributed by atoms with Gasteiger partial charge in [-0.3, -0.25) is 14.4 Å². The molecular weight excluding hydrogens is 297 g/mol. The van der Waals surface area contributed by atoms with Gasteiger partial charge in [0, 0.05) is 20.8 Å².